The maximum Gasteiger partial charge on any atom is 0.266 e. The van der Waals surface area contributed by atoms with Gasteiger partial charge in [-0.05, 0) is 6.07 Å². The number of alkyl halides is 2. The van der Waals surface area contributed by atoms with Gasteiger partial charge in [-0.15, -0.1) is 0 Å². The zero-order valence-corrected chi connectivity index (χ0v) is 9.29. The van der Waals surface area contributed by atoms with Crippen molar-refractivity contribution in [3.8, 4) is 11.4 Å². The van der Waals surface area contributed by atoms with E-state index in [2.05, 4.69) is 10.1 Å². The Morgan fingerprint density at radius 1 is 1.41 bits per heavy atom. The highest BCUT2D eigenvalue weighted by Gasteiger charge is 2.20. The van der Waals surface area contributed by atoms with Crippen molar-refractivity contribution >= 4 is 11.6 Å². The molecule has 0 aliphatic rings. The van der Waals surface area contributed by atoms with Crippen molar-refractivity contribution in [1.82, 2.24) is 10.1 Å². The summed E-state index contributed by atoms with van der Waals surface area (Å²) >= 11 is 5.72. The lowest BCUT2D eigenvalue weighted by Gasteiger charge is -2.06. The summed E-state index contributed by atoms with van der Waals surface area (Å²) in [5, 5.41) is 3.55. The molecule has 1 aromatic heterocycles. The largest absolute Gasteiger partial charge is 0.338 e. The quantitative estimate of drug-likeness (QED) is 0.920. The maximum atomic E-state index is 12.9. The van der Waals surface area contributed by atoms with E-state index in [-0.39, 0.29) is 34.4 Å². The Bertz CT molecular complexity index is 530. The number of aromatic nitrogens is 2. The van der Waals surface area contributed by atoms with Crippen LogP contribution in [0.1, 0.15) is 17.9 Å². The average Bonchev–Trinajstić information content (AvgIpc) is 2.76. The number of nitrogens with zero attached hydrogens (tertiary/aromatic N) is 2. The fourth-order valence-electron chi connectivity index (χ4n) is 1.40. The maximum absolute atomic E-state index is 12.9. The summed E-state index contributed by atoms with van der Waals surface area (Å²) in [5.74, 6) is 0.239. The third-order valence-electron chi connectivity index (χ3n) is 2.15. The molecular formula is C10H8ClF2N3O. The molecule has 0 fully saturated rings. The first-order valence-corrected chi connectivity index (χ1v) is 5.11. The summed E-state index contributed by atoms with van der Waals surface area (Å²) in [6.45, 7) is 0.0532. The molecule has 0 radical (unpaired) electrons. The van der Waals surface area contributed by atoms with Gasteiger partial charge in [-0.25, -0.2) is 8.78 Å². The van der Waals surface area contributed by atoms with E-state index < -0.39 is 6.43 Å². The van der Waals surface area contributed by atoms with Crippen LogP contribution in [0.4, 0.5) is 8.78 Å². The molecule has 7 heteroatoms. The average molecular weight is 260 g/mol. The molecule has 0 aliphatic carbocycles. The first-order valence-electron chi connectivity index (χ1n) is 4.73. The zero-order chi connectivity index (χ0) is 12.4. The van der Waals surface area contributed by atoms with Gasteiger partial charge < -0.3 is 10.3 Å². The highest BCUT2D eigenvalue weighted by atomic mass is 35.5. The van der Waals surface area contributed by atoms with Gasteiger partial charge in [-0.1, -0.05) is 28.9 Å². The first kappa shape index (κ1) is 11.9. The molecule has 1 heterocycles. The van der Waals surface area contributed by atoms with Gasteiger partial charge in [0, 0.05) is 11.1 Å². The summed E-state index contributed by atoms with van der Waals surface area (Å²) in [4.78, 5) is 3.89. The van der Waals surface area contributed by atoms with Crippen LogP contribution in [0.2, 0.25) is 5.02 Å². The van der Waals surface area contributed by atoms with Crippen LogP contribution in [0.5, 0.6) is 0 Å². The van der Waals surface area contributed by atoms with Crippen molar-refractivity contribution in [2.75, 3.05) is 0 Å². The minimum Gasteiger partial charge on any atom is -0.338 e. The highest BCUT2D eigenvalue weighted by Crippen LogP contribution is 2.34. The van der Waals surface area contributed by atoms with Crippen molar-refractivity contribution in [3.63, 3.8) is 0 Å². The Hall–Kier alpha value is -1.53. The van der Waals surface area contributed by atoms with Crippen molar-refractivity contribution in [1.29, 1.82) is 0 Å². The van der Waals surface area contributed by atoms with Crippen LogP contribution in [-0.4, -0.2) is 10.1 Å². The van der Waals surface area contributed by atoms with Gasteiger partial charge in [0.05, 0.1) is 11.6 Å². The lowest BCUT2D eigenvalue weighted by Crippen LogP contribution is -1.96. The van der Waals surface area contributed by atoms with Gasteiger partial charge >= 0.3 is 0 Å². The zero-order valence-electron chi connectivity index (χ0n) is 8.53. The molecule has 2 N–H and O–H groups in total. The minimum absolute atomic E-state index is 0.0309. The predicted octanol–water partition coefficient (Wildman–Crippen LogP) is 2.79. The highest BCUT2D eigenvalue weighted by molar-refractivity contribution is 6.31. The fourth-order valence-corrected chi connectivity index (χ4v) is 1.66. The normalized spacial score (nSPS) is 11.1. The van der Waals surface area contributed by atoms with E-state index in [1.165, 1.54) is 12.1 Å². The predicted molar refractivity (Wildman–Crippen MR) is 57.6 cm³/mol. The van der Waals surface area contributed by atoms with Gasteiger partial charge in [0.25, 0.3) is 6.43 Å². The van der Waals surface area contributed by atoms with Crippen LogP contribution in [0.25, 0.3) is 11.4 Å². The van der Waals surface area contributed by atoms with E-state index in [0.717, 1.165) is 0 Å². The monoisotopic (exact) mass is 259 g/mol. The molecule has 0 bridgehead atoms. The number of halogens is 3. The van der Waals surface area contributed by atoms with Crippen molar-refractivity contribution in [3.05, 3.63) is 34.7 Å². The number of hydrogen-bond acceptors (Lipinski definition) is 4. The van der Waals surface area contributed by atoms with Crippen LogP contribution >= 0.6 is 11.6 Å². The molecule has 4 nitrogen and oxygen atoms in total. The Kier molecular flexibility index (Phi) is 3.35. The number of hydrogen-bond donors (Lipinski definition) is 1. The fraction of sp³-hybridized carbons (Fsp3) is 0.200. The van der Waals surface area contributed by atoms with Gasteiger partial charge in [0.1, 0.15) is 0 Å². The molecule has 90 valence electrons. The van der Waals surface area contributed by atoms with Crippen LogP contribution in [0, 0.1) is 0 Å². The van der Waals surface area contributed by atoms with E-state index in [1.54, 1.807) is 6.07 Å². The molecule has 0 spiro atoms. The molecule has 17 heavy (non-hydrogen) atoms. The molecule has 1 aromatic carbocycles. The van der Waals surface area contributed by atoms with E-state index in [0.29, 0.717) is 0 Å². The van der Waals surface area contributed by atoms with E-state index in [1.807, 2.05) is 0 Å². The summed E-state index contributed by atoms with van der Waals surface area (Å²) in [7, 11) is 0. The van der Waals surface area contributed by atoms with Gasteiger partial charge in [-0.2, -0.15) is 4.98 Å². The molecule has 2 rings (SSSR count). The minimum atomic E-state index is -2.71. The Morgan fingerprint density at radius 2 is 2.18 bits per heavy atom. The van der Waals surface area contributed by atoms with E-state index >= 15 is 0 Å². The molecule has 0 atom stereocenters. The summed E-state index contributed by atoms with van der Waals surface area (Å²) in [6, 6.07) is 4.39. The second kappa shape index (κ2) is 4.77. The molecule has 0 saturated carbocycles. The SMILES string of the molecule is NCc1nc(-c2cccc(Cl)c2C(F)F)no1. The molecule has 0 unspecified atom stereocenters. The first-order chi connectivity index (χ1) is 8.13. The Morgan fingerprint density at radius 3 is 2.76 bits per heavy atom. The third kappa shape index (κ3) is 2.27. The van der Waals surface area contributed by atoms with E-state index in [9.17, 15) is 8.78 Å². The molecule has 0 saturated heterocycles. The van der Waals surface area contributed by atoms with Crippen LogP contribution in [0.3, 0.4) is 0 Å². The second-order valence-electron chi connectivity index (χ2n) is 3.22. The lowest BCUT2D eigenvalue weighted by atomic mass is 10.1. The summed E-state index contributed by atoms with van der Waals surface area (Å²) < 4.78 is 30.5. The van der Waals surface area contributed by atoms with Crippen LogP contribution in [-0.2, 0) is 6.54 Å². The third-order valence-corrected chi connectivity index (χ3v) is 2.48. The molecule has 0 aliphatic heterocycles. The number of nitrogens with two attached hydrogens (primary N) is 1. The van der Waals surface area contributed by atoms with Crippen LogP contribution in [0.15, 0.2) is 22.7 Å². The van der Waals surface area contributed by atoms with Gasteiger partial charge in [0.2, 0.25) is 11.7 Å². The Labute approximate surface area is 100 Å². The lowest BCUT2D eigenvalue weighted by molar-refractivity contribution is 0.152. The van der Waals surface area contributed by atoms with Crippen LogP contribution < -0.4 is 5.73 Å². The number of rotatable bonds is 3. The topological polar surface area (TPSA) is 64.9 Å². The standard InChI is InChI=1S/C10H8ClF2N3O/c11-6-3-1-2-5(8(6)9(12)13)10-15-7(4-14)17-16-10/h1-3,9H,4,14H2. The number of benzene rings is 1. The Balaban J connectivity index is 2.54. The molecule has 0 amide bonds. The second-order valence-corrected chi connectivity index (χ2v) is 3.62. The van der Waals surface area contributed by atoms with Crippen molar-refractivity contribution in [2.24, 2.45) is 5.73 Å². The molecule has 2 aromatic rings. The van der Waals surface area contributed by atoms with Crippen molar-refractivity contribution in [2.45, 2.75) is 13.0 Å². The van der Waals surface area contributed by atoms with E-state index in [4.69, 9.17) is 21.9 Å². The summed E-state index contributed by atoms with van der Waals surface area (Å²) in [6.07, 6.45) is -2.71. The smallest absolute Gasteiger partial charge is 0.266 e. The summed E-state index contributed by atoms with van der Waals surface area (Å²) in [5.41, 5.74) is 5.14. The molecular weight excluding hydrogens is 252 g/mol. The van der Waals surface area contributed by atoms with Gasteiger partial charge in [0.15, 0.2) is 0 Å². The van der Waals surface area contributed by atoms with Crippen molar-refractivity contribution < 1.29 is 13.3 Å². The van der Waals surface area contributed by atoms with Gasteiger partial charge in [-0.3, -0.25) is 0 Å².